The van der Waals surface area contributed by atoms with Crippen molar-refractivity contribution in [2.75, 3.05) is 46.4 Å². The van der Waals surface area contributed by atoms with Crippen molar-refractivity contribution in [3.05, 3.63) is 0 Å². The number of nitrogens with one attached hydrogen (secondary N) is 1. The molecule has 1 unspecified atom stereocenters. The topological polar surface area (TPSA) is 61.9 Å². The van der Waals surface area contributed by atoms with Crippen LogP contribution in [0.25, 0.3) is 0 Å². The van der Waals surface area contributed by atoms with E-state index in [0.29, 0.717) is 6.42 Å². The number of rotatable bonds is 4. The zero-order valence-corrected chi connectivity index (χ0v) is 12.3. The summed E-state index contributed by atoms with van der Waals surface area (Å²) in [6, 6.07) is 0.0419. The fourth-order valence-electron chi connectivity index (χ4n) is 2.92. The van der Waals surface area contributed by atoms with E-state index >= 15 is 0 Å². The summed E-state index contributed by atoms with van der Waals surface area (Å²) in [5, 5.41) is 3.00. The average molecular weight is 283 g/mol. The van der Waals surface area contributed by atoms with Crippen LogP contribution in [0, 0.1) is 0 Å². The first kappa shape index (κ1) is 15.3. The normalized spacial score (nSPS) is 25.9. The minimum atomic E-state index is -0.157. The quantitative estimate of drug-likeness (QED) is 0.726. The number of piperazine rings is 1. The maximum absolute atomic E-state index is 12.0. The van der Waals surface area contributed by atoms with Crippen LogP contribution in [0.15, 0.2) is 0 Å². The van der Waals surface area contributed by atoms with Gasteiger partial charge < -0.3 is 15.0 Å². The Balaban J connectivity index is 1.75. The molecular formula is C14H25N3O3. The molecule has 0 aliphatic carbocycles. The Morgan fingerprint density at radius 3 is 2.75 bits per heavy atom. The Bertz CT molecular complexity index is 341. The summed E-state index contributed by atoms with van der Waals surface area (Å²) in [5.74, 6) is 0.0288. The molecule has 114 valence electrons. The van der Waals surface area contributed by atoms with Gasteiger partial charge in [-0.3, -0.25) is 14.5 Å². The van der Waals surface area contributed by atoms with Crippen LogP contribution in [0.3, 0.4) is 0 Å². The van der Waals surface area contributed by atoms with Crippen molar-refractivity contribution in [3.63, 3.8) is 0 Å². The molecule has 1 atom stereocenters. The van der Waals surface area contributed by atoms with Crippen molar-refractivity contribution in [3.8, 4) is 0 Å². The second-order valence-electron chi connectivity index (χ2n) is 5.51. The third-order valence-corrected chi connectivity index (χ3v) is 4.21. The highest BCUT2D eigenvalue weighted by Crippen LogP contribution is 2.15. The Morgan fingerprint density at radius 1 is 1.30 bits per heavy atom. The van der Waals surface area contributed by atoms with E-state index in [1.54, 1.807) is 0 Å². The SMILES string of the molecule is COC(=O)CCN1CCN(C2CCCCNC2=O)CC1. The second-order valence-corrected chi connectivity index (χ2v) is 5.51. The molecular weight excluding hydrogens is 258 g/mol. The summed E-state index contributed by atoms with van der Waals surface area (Å²) in [6.07, 6.45) is 3.61. The minimum absolute atomic E-state index is 0.0419. The Labute approximate surface area is 120 Å². The molecule has 2 aliphatic heterocycles. The number of esters is 1. The lowest BCUT2D eigenvalue weighted by molar-refractivity contribution is -0.141. The van der Waals surface area contributed by atoms with Crippen molar-refractivity contribution in [1.82, 2.24) is 15.1 Å². The van der Waals surface area contributed by atoms with Crippen LogP contribution in [0.4, 0.5) is 0 Å². The summed E-state index contributed by atoms with van der Waals surface area (Å²) in [5.41, 5.74) is 0. The van der Waals surface area contributed by atoms with Gasteiger partial charge >= 0.3 is 5.97 Å². The highest BCUT2D eigenvalue weighted by Gasteiger charge is 2.29. The summed E-state index contributed by atoms with van der Waals surface area (Å²) < 4.78 is 4.66. The average Bonchev–Trinajstić information content (AvgIpc) is 2.70. The largest absolute Gasteiger partial charge is 0.469 e. The zero-order valence-electron chi connectivity index (χ0n) is 12.3. The highest BCUT2D eigenvalue weighted by atomic mass is 16.5. The molecule has 0 aromatic rings. The molecule has 2 aliphatic rings. The van der Waals surface area contributed by atoms with Gasteiger partial charge in [0.15, 0.2) is 0 Å². The van der Waals surface area contributed by atoms with Gasteiger partial charge in [-0.2, -0.15) is 0 Å². The lowest BCUT2D eigenvalue weighted by Gasteiger charge is -2.38. The van der Waals surface area contributed by atoms with E-state index in [9.17, 15) is 9.59 Å². The van der Waals surface area contributed by atoms with Gasteiger partial charge in [-0.05, 0) is 19.3 Å². The van der Waals surface area contributed by atoms with Gasteiger partial charge in [0.05, 0.1) is 19.6 Å². The van der Waals surface area contributed by atoms with Gasteiger partial charge in [-0.15, -0.1) is 0 Å². The van der Waals surface area contributed by atoms with Crippen molar-refractivity contribution >= 4 is 11.9 Å². The van der Waals surface area contributed by atoms with Crippen LogP contribution >= 0.6 is 0 Å². The van der Waals surface area contributed by atoms with Gasteiger partial charge in [0.25, 0.3) is 0 Å². The van der Waals surface area contributed by atoms with E-state index in [1.165, 1.54) is 7.11 Å². The Morgan fingerprint density at radius 2 is 2.05 bits per heavy atom. The lowest BCUT2D eigenvalue weighted by atomic mass is 10.1. The van der Waals surface area contributed by atoms with E-state index in [-0.39, 0.29) is 17.9 Å². The summed E-state index contributed by atoms with van der Waals surface area (Å²) in [7, 11) is 1.42. The van der Waals surface area contributed by atoms with Gasteiger partial charge in [-0.1, -0.05) is 0 Å². The number of carbonyl (C=O) groups excluding carboxylic acids is 2. The van der Waals surface area contributed by atoms with E-state index in [4.69, 9.17) is 0 Å². The number of hydrogen-bond donors (Lipinski definition) is 1. The van der Waals surface area contributed by atoms with Gasteiger partial charge in [0.2, 0.25) is 5.91 Å². The molecule has 0 bridgehead atoms. The van der Waals surface area contributed by atoms with E-state index < -0.39 is 0 Å². The van der Waals surface area contributed by atoms with Crippen molar-refractivity contribution < 1.29 is 14.3 Å². The van der Waals surface area contributed by atoms with Crippen LogP contribution in [-0.2, 0) is 14.3 Å². The summed E-state index contributed by atoms with van der Waals surface area (Å²) >= 11 is 0. The molecule has 0 spiro atoms. The first-order valence-electron chi connectivity index (χ1n) is 7.51. The molecule has 2 saturated heterocycles. The first-order chi connectivity index (χ1) is 9.70. The first-order valence-corrected chi connectivity index (χ1v) is 7.51. The monoisotopic (exact) mass is 283 g/mol. The van der Waals surface area contributed by atoms with Gasteiger partial charge in [0, 0.05) is 39.3 Å². The predicted octanol–water partition coefficient (Wildman–Crippen LogP) is -0.164. The van der Waals surface area contributed by atoms with Crippen LogP contribution in [0.1, 0.15) is 25.7 Å². The van der Waals surface area contributed by atoms with E-state index in [0.717, 1.165) is 58.5 Å². The maximum Gasteiger partial charge on any atom is 0.306 e. The molecule has 0 saturated carbocycles. The number of ether oxygens (including phenoxy) is 1. The third kappa shape index (κ3) is 4.18. The lowest BCUT2D eigenvalue weighted by Crippen LogP contribution is -2.54. The fraction of sp³-hybridized carbons (Fsp3) is 0.857. The maximum atomic E-state index is 12.0. The number of carbonyl (C=O) groups is 2. The molecule has 2 heterocycles. The molecule has 6 heteroatoms. The van der Waals surface area contributed by atoms with E-state index in [2.05, 4.69) is 19.9 Å². The molecule has 1 amide bonds. The minimum Gasteiger partial charge on any atom is -0.469 e. The van der Waals surface area contributed by atoms with Gasteiger partial charge in [-0.25, -0.2) is 0 Å². The zero-order chi connectivity index (χ0) is 14.4. The molecule has 0 aromatic heterocycles. The number of methoxy groups -OCH3 is 1. The molecule has 2 rings (SSSR count). The summed E-state index contributed by atoms with van der Waals surface area (Å²) in [4.78, 5) is 27.7. The third-order valence-electron chi connectivity index (χ3n) is 4.21. The predicted molar refractivity (Wildman–Crippen MR) is 75.3 cm³/mol. The standard InChI is InChI=1S/C14H25N3O3/c1-20-13(18)5-7-16-8-10-17(11-9-16)12-4-2-3-6-15-14(12)19/h12H,2-11H2,1H3,(H,15,19). The molecule has 2 fully saturated rings. The van der Waals surface area contributed by atoms with Crippen LogP contribution in [-0.4, -0.2) is 74.1 Å². The molecule has 6 nitrogen and oxygen atoms in total. The fourth-order valence-corrected chi connectivity index (χ4v) is 2.92. The number of nitrogens with zero attached hydrogens (tertiary/aromatic N) is 2. The summed E-state index contributed by atoms with van der Waals surface area (Å²) in [6.45, 7) is 5.20. The molecule has 0 aromatic carbocycles. The highest BCUT2D eigenvalue weighted by molar-refractivity contribution is 5.81. The smallest absolute Gasteiger partial charge is 0.306 e. The number of amides is 1. The number of hydrogen-bond acceptors (Lipinski definition) is 5. The van der Waals surface area contributed by atoms with Crippen LogP contribution in [0.5, 0.6) is 0 Å². The second kappa shape index (κ2) is 7.59. The van der Waals surface area contributed by atoms with Crippen LogP contribution < -0.4 is 5.32 Å². The van der Waals surface area contributed by atoms with Crippen LogP contribution in [0.2, 0.25) is 0 Å². The van der Waals surface area contributed by atoms with E-state index in [1.807, 2.05) is 0 Å². The molecule has 0 radical (unpaired) electrons. The Kier molecular flexibility index (Phi) is 5.79. The molecule has 1 N–H and O–H groups in total. The molecule has 20 heavy (non-hydrogen) atoms. The van der Waals surface area contributed by atoms with Gasteiger partial charge in [0.1, 0.15) is 0 Å². The van der Waals surface area contributed by atoms with Crippen molar-refractivity contribution in [2.45, 2.75) is 31.7 Å². The Hall–Kier alpha value is -1.14. The van der Waals surface area contributed by atoms with Crippen molar-refractivity contribution in [1.29, 1.82) is 0 Å². The van der Waals surface area contributed by atoms with Crippen molar-refractivity contribution in [2.24, 2.45) is 0 Å².